The topological polar surface area (TPSA) is 60.2 Å². The minimum atomic E-state index is 0.215. The zero-order chi connectivity index (χ0) is 13.0. The maximum atomic E-state index is 11.6. The number of nitriles is 1. The van der Waals surface area contributed by atoms with Crippen LogP contribution in [0, 0.1) is 11.3 Å². The number of aromatic nitrogens is 1. The van der Waals surface area contributed by atoms with Gasteiger partial charge in [0.25, 0.3) is 0 Å². The quantitative estimate of drug-likeness (QED) is 0.779. The van der Waals surface area contributed by atoms with Crippen molar-refractivity contribution in [2.24, 2.45) is 0 Å². The highest BCUT2D eigenvalue weighted by Crippen LogP contribution is 2.15. The molecule has 0 aliphatic carbocycles. The number of rotatable bonds is 2. The van der Waals surface area contributed by atoms with E-state index in [-0.39, 0.29) is 5.91 Å². The number of carbonyl (C=O) groups excluding carboxylic acids is 1. The van der Waals surface area contributed by atoms with Gasteiger partial charge in [-0.2, -0.15) is 5.26 Å². The summed E-state index contributed by atoms with van der Waals surface area (Å²) in [4.78, 5) is 19.7. The van der Waals surface area contributed by atoms with Crippen molar-refractivity contribution in [3.63, 3.8) is 0 Å². The number of carbonyl (C=O) groups is 1. The highest BCUT2D eigenvalue weighted by Gasteiger charge is 2.20. The summed E-state index contributed by atoms with van der Waals surface area (Å²) in [5, 5.41) is 8.69. The Kier molecular flexibility index (Phi) is 3.78. The number of pyridine rings is 1. The van der Waals surface area contributed by atoms with E-state index in [1.807, 2.05) is 24.0 Å². The van der Waals surface area contributed by atoms with E-state index in [9.17, 15) is 4.79 Å². The van der Waals surface area contributed by atoms with Gasteiger partial charge < -0.3 is 9.80 Å². The van der Waals surface area contributed by atoms with Crippen LogP contribution in [0.5, 0.6) is 0 Å². The van der Waals surface area contributed by atoms with Gasteiger partial charge in [-0.3, -0.25) is 4.79 Å². The van der Waals surface area contributed by atoms with E-state index >= 15 is 0 Å². The van der Waals surface area contributed by atoms with Gasteiger partial charge in [0.2, 0.25) is 5.91 Å². The smallest absolute Gasteiger partial charge is 0.222 e. The van der Waals surface area contributed by atoms with Crippen LogP contribution in [-0.4, -0.2) is 42.0 Å². The molecule has 0 N–H and O–H groups in total. The number of piperazine rings is 1. The van der Waals surface area contributed by atoms with E-state index < -0.39 is 0 Å². The van der Waals surface area contributed by atoms with Gasteiger partial charge in [0.05, 0.1) is 11.9 Å². The van der Waals surface area contributed by atoms with Crippen LogP contribution in [0.2, 0.25) is 0 Å². The number of amides is 1. The van der Waals surface area contributed by atoms with Crippen LogP contribution in [-0.2, 0) is 4.79 Å². The van der Waals surface area contributed by atoms with Crippen molar-refractivity contribution in [2.75, 3.05) is 31.1 Å². The molecule has 1 amide bonds. The first kappa shape index (κ1) is 12.4. The van der Waals surface area contributed by atoms with E-state index in [0.29, 0.717) is 12.1 Å². The third kappa shape index (κ3) is 2.59. The van der Waals surface area contributed by atoms with Crippen molar-refractivity contribution in [3.8, 4) is 6.07 Å². The zero-order valence-electron chi connectivity index (χ0n) is 10.5. The standard InChI is InChI=1S/C13H16N4O/c1-2-13(18)17-7-5-16(6-8-17)12-4-3-11(9-14)15-10-12/h3-4,10H,2,5-8H2,1H3. The molecule has 0 saturated carbocycles. The normalized spacial score (nSPS) is 15.3. The van der Waals surface area contributed by atoms with Crippen molar-refractivity contribution < 1.29 is 4.79 Å². The average molecular weight is 244 g/mol. The summed E-state index contributed by atoms with van der Waals surface area (Å²) in [5.41, 5.74) is 1.44. The molecule has 2 rings (SSSR count). The van der Waals surface area contributed by atoms with E-state index in [0.717, 1.165) is 31.9 Å². The third-order valence-corrected chi connectivity index (χ3v) is 3.16. The molecule has 0 radical (unpaired) electrons. The van der Waals surface area contributed by atoms with Crippen LogP contribution in [0.3, 0.4) is 0 Å². The lowest BCUT2D eigenvalue weighted by Gasteiger charge is -2.35. The first-order chi connectivity index (χ1) is 8.74. The second-order valence-corrected chi connectivity index (χ2v) is 4.23. The van der Waals surface area contributed by atoms with E-state index in [2.05, 4.69) is 9.88 Å². The minimum absolute atomic E-state index is 0.215. The molecule has 1 aliphatic rings. The van der Waals surface area contributed by atoms with Crippen LogP contribution in [0.15, 0.2) is 18.3 Å². The fraction of sp³-hybridized carbons (Fsp3) is 0.462. The molecule has 18 heavy (non-hydrogen) atoms. The number of hydrogen-bond acceptors (Lipinski definition) is 4. The molecular formula is C13H16N4O. The molecule has 1 fully saturated rings. The molecular weight excluding hydrogens is 228 g/mol. The second-order valence-electron chi connectivity index (χ2n) is 4.23. The van der Waals surface area contributed by atoms with E-state index in [1.165, 1.54) is 0 Å². The lowest BCUT2D eigenvalue weighted by Crippen LogP contribution is -2.48. The van der Waals surface area contributed by atoms with Gasteiger partial charge in [0.1, 0.15) is 11.8 Å². The molecule has 1 aliphatic heterocycles. The predicted octanol–water partition coefficient (Wildman–Crippen LogP) is 1.01. The van der Waals surface area contributed by atoms with Crippen molar-refractivity contribution in [3.05, 3.63) is 24.0 Å². The Bertz CT molecular complexity index is 455. The monoisotopic (exact) mass is 244 g/mol. The number of hydrogen-bond donors (Lipinski definition) is 0. The summed E-state index contributed by atoms with van der Waals surface area (Å²) >= 11 is 0. The Hall–Kier alpha value is -2.09. The molecule has 0 spiro atoms. The van der Waals surface area contributed by atoms with Crippen molar-refractivity contribution in [1.29, 1.82) is 5.26 Å². The van der Waals surface area contributed by atoms with Crippen molar-refractivity contribution in [1.82, 2.24) is 9.88 Å². The van der Waals surface area contributed by atoms with Gasteiger partial charge in [-0.25, -0.2) is 4.98 Å². The summed E-state index contributed by atoms with van der Waals surface area (Å²) in [6, 6.07) is 5.63. The van der Waals surface area contributed by atoms with Crippen molar-refractivity contribution >= 4 is 11.6 Å². The highest BCUT2D eigenvalue weighted by atomic mass is 16.2. The number of anilines is 1. The fourth-order valence-electron chi connectivity index (χ4n) is 2.08. The minimum Gasteiger partial charge on any atom is -0.367 e. The van der Waals surface area contributed by atoms with Gasteiger partial charge in [0.15, 0.2) is 0 Å². The molecule has 2 heterocycles. The van der Waals surface area contributed by atoms with Crippen LogP contribution in [0.4, 0.5) is 5.69 Å². The predicted molar refractivity (Wildman–Crippen MR) is 68.0 cm³/mol. The molecule has 5 heteroatoms. The van der Waals surface area contributed by atoms with Gasteiger partial charge in [-0.05, 0) is 12.1 Å². The molecule has 94 valence electrons. The average Bonchev–Trinajstić information content (AvgIpc) is 2.47. The Morgan fingerprint density at radius 2 is 2.11 bits per heavy atom. The van der Waals surface area contributed by atoms with E-state index in [4.69, 9.17) is 5.26 Å². The molecule has 0 atom stereocenters. The Morgan fingerprint density at radius 3 is 2.61 bits per heavy atom. The van der Waals surface area contributed by atoms with Crippen LogP contribution in [0.1, 0.15) is 19.0 Å². The van der Waals surface area contributed by atoms with Crippen LogP contribution in [0.25, 0.3) is 0 Å². The lowest BCUT2D eigenvalue weighted by molar-refractivity contribution is -0.131. The van der Waals surface area contributed by atoms with E-state index in [1.54, 1.807) is 12.3 Å². The SMILES string of the molecule is CCC(=O)N1CCN(c2ccc(C#N)nc2)CC1. The summed E-state index contributed by atoms with van der Waals surface area (Å²) in [7, 11) is 0. The summed E-state index contributed by atoms with van der Waals surface area (Å²) in [6.45, 7) is 5.04. The third-order valence-electron chi connectivity index (χ3n) is 3.16. The molecule has 5 nitrogen and oxygen atoms in total. The van der Waals surface area contributed by atoms with Crippen LogP contribution < -0.4 is 4.90 Å². The molecule has 0 bridgehead atoms. The maximum absolute atomic E-state index is 11.6. The Morgan fingerprint density at radius 1 is 1.39 bits per heavy atom. The first-order valence-corrected chi connectivity index (χ1v) is 6.13. The van der Waals surface area contributed by atoms with Crippen LogP contribution >= 0.6 is 0 Å². The number of nitrogens with zero attached hydrogens (tertiary/aromatic N) is 4. The molecule has 1 aromatic rings. The summed E-state index contributed by atoms with van der Waals surface area (Å²) < 4.78 is 0. The first-order valence-electron chi connectivity index (χ1n) is 6.13. The van der Waals surface area contributed by atoms with Gasteiger partial charge in [-0.15, -0.1) is 0 Å². The molecule has 1 aromatic heterocycles. The zero-order valence-corrected chi connectivity index (χ0v) is 10.5. The largest absolute Gasteiger partial charge is 0.367 e. The fourth-order valence-corrected chi connectivity index (χ4v) is 2.08. The molecule has 1 saturated heterocycles. The van der Waals surface area contributed by atoms with Gasteiger partial charge >= 0.3 is 0 Å². The van der Waals surface area contributed by atoms with Gasteiger partial charge in [-0.1, -0.05) is 6.92 Å². The Labute approximate surface area is 107 Å². The maximum Gasteiger partial charge on any atom is 0.222 e. The van der Waals surface area contributed by atoms with Crippen molar-refractivity contribution in [2.45, 2.75) is 13.3 Å². The summed E-state index contributed by atoms with van der Waals surface area (Å²) in [5.74, 6) is 0.215. The lowest BCUT2D eigenvalue weighted by atomic mass is 10.2. The second kappa shape index (κ2) is 5.50. The Balaban J connectivity index is 1.97. The summed E-state index contributed by atoms with van der Waals surface area (Å²) in [6.07, 6.45) is 2.29. The molecule has 0 unspecified atom stereocenters. The molecule has 0 aromatic carbocycles. The van der Waals surface area contributed by atoms with Gasteiger partial charge in [0, 0.05) is 32.6 Å². The highest BCUT2D eigenvalue weighted by molar-refractivity contribution is 5.76.